The summed E-state index contributed by atoms with van der Waals surface area (Å²) in [5.74, 6) is 0. The smallest absolute Gasteiger partial charge is 0.113 e. The minimum absolute atomic E-state index is 0.608. The molecule has 16 heavy (non-hydrogen) atoms. The third kappa shape index (κ3) is 1.30. The van der Waals surface area contributed by atoms with E-state index in [1.54, 1.807) is 17.1 Å². The third-order valence-corrected chi connectivity index (χ3v) is 2.34. The fraction of sp³-hybridized carbons (Fsp3) is 0. The van der Waals surface area contributed by atoms with Crippen molar-refractivity contribution in [3.8, 4) is 5.69 Å². The number of rotatable bonds is 1. The molecule has 3 aromatic rings. The molecule has 0 amide bonds. The molecule has 78 valence electrons. The fourth-order valence-corrected chi connectivity index (χ4v) is 1.62. The van der Waals surface area contributed by atoms with Crippen LogP contribution in [0.5, 0.6) is 0 Å². The van der Waals surface area contributed by atoms with Gasteiger partial charge < -0.3 is 5.73 Å². The van der Waals surface area contributed by atoms with E-state index in [0.717, 1.165) is 16.7 Å². The first kappa shape index (κ1) is 8.84. The summed E-state index contributed by atoms with van der Waals surface area (Å²) in [6.45, 7) is 0. The lowest BCUT2D eigenvalue weighted by Gasteiger charge is -2.01. The van der Waals surface area contributed by atoms with Gasteiger partial charge in [0.05, 0.1) is 23.1 Å². The Hall–Kier alpha value is -2.43. The van der Waals surface area contributed by atoms with Crippen LogP contribution in [0.3, 0.4) is 0 Å². The van der Waals surface area contributed by atoms with Crippen molar-refractivity contribution in [1.29, 1.82) is 0 Å². The van der Waals surface area contributed by atoms with Gasteiger partial charge in [-0.1, -0.05) is 17.3 Å². The predicted molar refractivity (Wildman–Crippen MR) is 61.1 cm³/mol. The molecule has 0 saturated carbocycles. The molecule has 2 aromatic heterocycles. The van der Waals surface area contributed by atoms with Gasteiger partial charge in [0, 0.05) is 6.20 Å². The molecule has 0 fully saturated rings. The second-order valence-electron chi connectivity index (χ2n) is 3.47. The van der Waals surface area contributed by atoms with Gasteiger partial charge in [-0.15, -0.1) is 5.10 Å². The van der Waals surface area contributed by atoms with Crippen molar-refractivity contribution in [2.45, 2.75) is 0 Å². The van der Waals surface area contributed by atoms with Crippen molar-refractivity contribution in [2.75, 3.05) is 5.73 Å². The number of aromatic nitrogens is 4. The monoisotopic (exact) mass is 211 g/mol. The summed E-state index contributed by atoms with van der Waals surface area (Å²) in [7, 11) is 0. The molecule has 0 aliphatic heterocycles. The highest BCUT2D eigenvalue weighted by atomic mass is 15.4. The van der Waals surface area contributed by atoms with Crippen LogP contribution in [0.1, 0.15) is 0 Å². The van der Waals surface area contributed by atoms with E-state index < -0.39 is 0 Å². The summed E-state index contributed by atoms with van der Waals surface area (Å²) < 4.78 is 1.72. The molecular formula is C11H9N5. The van der Waals surface area contributed by atoms with Crippen LogP contribution in [0.15, 0.2) is 42.7 Å². The van der Waals surface area contributed by atoms with Gasteiger partial charge in [-0.3, -0.25) is 4.98 Å². The first-order chi connectivity index (χ1) is 7.84. The highest BCUT2D eigenvalue weighted by molar-refractivity contribution is 5.75. The molecule has 3 rings (SSSR count). The lowest BCUT2D eigenvalue weighted by molar-refractivity contribution is 0.820. The highest BCUT2D eigenvalue weighted by Gasteiger charge is 2.05. The molecule has 0 unspecified atom stereocenters. The van der Waals surface area contributed by atoms with Crippen LogP contribution in [0.25, 0.3) is 16.7 Å². The van der Waals surface area contributed by atoms with E-state index in [-0.39, 0.29) is 0 Å². The van der Waals surface area contributed by atoms with E-state index in [9.17, 15) is 0 Å². The molecule has 0 bridgehead atoms. The summed E-state index contributed by atoms with van der Waals surface area (Å²) in [6.07, 6.45) is 3.31. The second kappa shape index (κ2) is 3.30. The van der Waals surface area contributed by atoms with E-state index in [1.807, 2.05) is 30.3 Å². The Morgan fingerprint density at radius 2 is 2.00 bits per heavy atom. The Kier molecular flexibility index (Phi) is 1.83. The molecule has 0 spiro atoms. The largest absolute Gasteiger partial charge is 0.397 e. The molecule has 0 saturated heterocycles. The molecule has 1 aromatic carbocycles. The minimum atomic E-state index is 0.608. The van der Waals surface area contributed by atoms with Gasteiger partial charge in [0.2, 0.25) is 0 Å². The fourth-order valence-electron chi connectivity index (χ4n) is 1.62. The number of pyridine rings is 1. The average molecular weight is 211 g/mol. The van der Waals surface area contributed by atoms with Crippen LogP contribution >= 0.6 is 0 Å². The van der Waals surface area contributed by atoms with Crippen molar-refractivity contribution >= 4 is 16.7 Å². The number of fused-ring (bicyclic) bond motifs is 1. The number of anilines is 1. The summed E-state index contributed by atoms with van der Waals surface area (Å²) in [5.41, 5.74) is 8.90. The van der Waals surface area contributed by atoms with Crippen molar-refractivity contribution < 1.29 is 0 Å². The number of nitrogens with two attached hydrogens (primary N) is 1. The molecule has 5 nitrogen and oxygen atoms in total. The zero-order valence-electron chi connectivity index (χ0n) is 8.41. The van der Waals surface area contributed by atoms with Crippen LogP contribution in [-0.4, -0.2) is 20.0 Å². The van der Waals surface area contributed by atoms with Gasteiger partial charge in [-0.2, -0.15) is 0 Å². The normalized spacial score (nSPS) is 10.8. The molecule has 5 heteroatoms. The van der Waals surface area contributed by atoms with Crippen LogP contribution in [0.2, 0.25) is 0 Å². The van der Waals surface area contributed by atoms with Crippen molar-refractivity contribution in [2.24, 2.45) is 0 Å². The molecule has 0 radical (unpaired) electrons. The molecule has 0 atom stereocenters. The first-order valence-corrected chi connectivity index (χ1v) is 4.86. The maximum Gasteiger partial charge on any atom is 0.113 e. The molecule has 0 aliphatic rings. The minimum Gasteiger partial charge on any atom is -0.397 e. The second-order valence-corrected chi connectivity index (χ2v) is 3.47. The summed E-state index contributed by atoms with van der Waals surface area (Å²) in [5, 5.41) is 8.15. The molecule has 2 N–H and O–H groups in total. The van der Waals surface area contributed by atoms with E-state index in [1.165, 1.54) is 0 Å². The number of hydrogen-bond donors (Lipinski definition) is 1. The Morgan fingerprint density at radius 3 is 2.88 bits per heavy atom. The van der Waals surface area contributed by atoms with Gasteiger partial charge in [0.15, 0.2) is 0 Å². The van der Waals surface area contributed by atoms with Crippen LogP contribution in [0.4, 0.5) is 5.69 Å². The molecular weight excluding hydrogens is 202 g/mol. The maximum atomic E-state index is 5.68. The maximum absolute atomic E-state index is 5.68. The van der Waals surface area contributed by atoms with E-state index in [0.29, 0.717) is 5.69 Å². The Labute approximate surface area is 91.5 Å². The molecule has 2 heterocycles. The Morgan fingerprint density at radius 1 is 1.12 bits per heavy atom. The van der Waals surface area contributed by atoms with Crippen molar-refractivity contribution in [3.63, 3.8) is 0 Å². The van der Waals surface area contributed by atoms with Crippen LogP contribution < -0.4 is 5.73 Å². The van der Waals surface area contributed by atoms with Gasteiger partial charge in [-0.25, -0.2) is 4.68 Å². The topological polar surface area (TPSA) is 69.6 Å². The summed E-state index contributed by atoms with van der Waals surface area (Å²) in [6, 6.07) is 9.56. The zero-order valence-corrected chi connectivity index (χ0v) is 8.41. The highest BCUT2D eigenvalue weighted by Crippen LogP contribution is 2.16. The quantitative estimate of drug-likeness (QED) is 0.660. The number of para-hydroxylation sites is 1. The summed E-state index contributed by atoms with van der Waals surface area (Å²) in [4.78, 5) is 4.03. The SMILES string of the molecule is Nc1cncc(-n2nnc3ccccc32)c1. The Bertz CT molecular complexity index is 643. The van der Waals surface area contributed by atoms with Gasteiger partial charge in [-0.05, 0) is 18.2 Å². The lowest BCUT2D eigenvalue weighted by Crippen LogP contribution is -1.98. The number of hydrogen-bond acceptors (Lipinski definition) is 4. The van der Waals surface area contributed by atoms with E-state index >= 15 is 0 Å². The number of benzene rings is 1. The number of nitrogen functional groups attached to an aromatic ring is 1. The van der Waals surface area contributed by atoms with Gasteiger partial charge >= 0.3 is 0 Å². The lowest BCUT2D eigenvalue weighted by atomic mass is 10.3. The Balaban J connectivity index is 2.26. The standard InChI is InChI=1S/C11H9N5/c12-8-5-9(7-13-6-8)16-11-4-2-1-3-10(11)14-15-16/h1-7H,12H2. The summed E-state index contributed by atoms with van der Waals surface area (Å²) >= 11 is 0. The predicted octanol–water partition coefficient (Wildman–Crippen LogP) is 1.40. The molecule has 0 aliphatic carbocycles. The van der Waals surface area contributed by atoms with Crippen LogP contribution in [-0.2, 0) is 0 Å². The van der Waals surface area contributed by atoms with Crippen LogP contribution in [0, 0.1) is 0 Å². The van der Waals surface area contributed by atoms with Crippen molar-refractivity contribution in [3.05, 3.63) is 42.7 Å². The number of nitrogens with zero attached hydrogens (tertiary/aromatic N) is 4. The zero-order chi connectivity index (χ0) is 11.0. The van der Waals surface area contributed by atoms with E-state index in [4.69, 9.17) is 5.73 Å². The average Bonchev–Trinajstić information content (AvgIpc) is 2.72. The van der Waals surface area contributed by atoms with E-state index in [2.05, 4.69) is 15.3 Å². The van der Waals surface area contributed by atoms with Gasteiger partial charge in [0.25, 0.3) is 0 Å². The van der Waals surface area contributed by atoms with Gasteiger partial charge in [0.1, 0.15) is 5.52 Å². The first-order valence-electron chi connectivity index (χ1n) is 4.86. The van der Waals surface area contributed by atoms with Crippen molar-refractivity contribution in [1.82, 2.24) is 20.0 Å². The third-order valence-electron chi connectivity index (χ3n) is 2.34.